The molecule has 0 saturated carbocycles. The molecule has 0 aliphatic carbocycles. The smallest absolute Gasteiger partial charge is 0.340 e. The van der Waals surface area contributed by atoms with Crippen LogP contribution >= 0.6 is 0 Å². The highest BCUT2D eigenvalue weighted by Crippen LogP contribution is 2.22. The van der Waals surface area contributed by atoms with Gasteiger partial charge in [-0.25, -0.2) is 17.6 Å². The lowest BCUT2D eigenvalue weighted by atomic mass is 9.91. The highest BCUT2D eigenvalue weighted by atomic mass is 32.2. The van der Waals surface area contributed by atoms with Crippen molar-refractivity contribution in [3.8, 4) is 0 Å². The molecular weight excluding hydrogens is 373 g/mol. The molecule has 2 aromatic carbocycles. The number of hydrogen-bond donors (Lipinski definition) is 1. The average Bonchev–Trinajstić information content (AvgIpc) is 2.59. The van der Waals surface area contributed by atoms with Gasteiger partial charge in [0, 0.05) is 5.41 Å². The molecule has 6 nitrogen and oxygen atoms in total. The van der Waals surface area contributed by atoms with Crippen LogP contribution < -0.4 is 4.72 Å². The predicted octanol–water partition coefficient (Wildman–Crippen LogP) is 3.40. The van der Waals surface area contributed by atoms with E-state index in [1.807, 2.05) is 0 Å². The molecular formula is C19H20FNO5S. The zero-order chi connectivity index (χ0) is 20.2. The summed E-state index contributed by atoms with van der Waals surface area (Å²) in [4.78, 5) is 24.1. The van der Waals surface area contributed by atoms with Gasteiger partial charge in [0.1, 0.15) is 5.82 Å². The molecule has 0 spiro atoms. The number of ketones is 1. The first-order chi connectivity index (χ1) is 12.5. The van der Waals surface area contributed by atoms with E-state index < -0.39 is 33.8 Å². The van der Waals surface area contributed by atoms with E-state index in [0.29, 0.717) is 0 Å². The molecule has 8 heteroatoms. The van der Waals surface area contributed by atoms with Crippen LogP contribution in [0.25, 0.3) is 0 Å². The summed E-state index contributed by atoms with van der Waals surface area (Å²) in [5.74, 6) is -1.66. The third-order valence-electron chi connectivity index (χ3n) is 3.69. The standard InChI is InChI=1S/C19H20FNO5S/c1-19(2,3)17(22)12-26-18(23)15-6-4-5-7-16(15)21-27(24,25)14-10-8-13(20)9-11-14/h4-11,21H,12H2,1-3H3. The van der Waals surface area contributed by atoms with Crippen molar-refractivity contribution in [2.75, 3.05) is 11.3 Å². The fourth-order valence-electron chi connectivity index (χ4n) is 1.99. The molecule has 27 heavy (non-hydrogen) atoms. The normalized spacial score (nSPS) is 11.7. The lowest BCUT2D eigenvalue weighted by molar-refractivity contribution is -0.129. The Balaban J connectivity index is 2.21. The Morgan fingerprint density at radius 3 is 2.22 bits per heavy atom. The topological polar surface area (TPSA) is 89.5 Å². The molecule has 0 unspecified atom stereocenters. The Labute approximate surface area is 157 Å². The highest BCUT2D eigenvalue weighted by molar-refractivity contribution is 7.92. The van der Waals surface area contributed by atoms with Crippen molar-refractivity contribution in [3.63, 3.8) is 0 Å². The third-order valence-corrected chi connectivity index (χ3v) is 5.07. The van der Waals surface area contributed by atoms with Gasteiger partial charge in [-0.1, -0.05) is 32.9 Å². The highest BCUT2D eigenvalue weighted by Gasteiger charge is 2.24. The summed E-state index contributed by atoms with van der Waals surface area (Å²) in [6, 6.07) is 10.1. The van der Waals surface area contributed by atoms with E-state index in [0.717, 1.165) is 24.3 Å². The fraction of sp³-hybridized carbons (Fsp3) is 0.263. The number of carbonyl (C=O) groups excluding carboxylic acids is 2. The number of halogens is 1. The quantitative estimate of drug-likeness (QED) is 0.760. The molecule has 0 atom stereocenters. The minimum Gasteiger partial charge on any atom is -0.454 e. The predicted molar refractivity (Wildman–Crippen MR) is 98.4 cm³/mol. The van der Waals surface area contributed by atoms with Gasteiger partial charge < -0.3 is 4.74 Å². The Bertz CT molecular complexity index is 947. The van der Waals surface area contributed by atoms with Gasteiger partial charge in [0.05, 0.1) is 16.1 Å². The number of rotatable bonds is 6. The molecule has 0 saturated heterocycles. The van der Waals surface area contributed by atoms with E-state index in [2.05, 4.69) is 4.72 Å². The van der Waals surface area contributed by atoms with Crippen LogP contribution in [0.1, 0.15) is 31.1 Å². The molecule has 0 heterocycles. The summed E-state index contributed by atoms with van der Waals surface area (Å²) in [7, 11) is -4.03. The lowest BCUT2D eigenvalue weighted by Gasteiger charge is -2.17. The summed E-state index contributed by atoms with van der Waals surface area (Å²) >= 11 is 0. The maximum Gasteiger partial charge on any atom is 0.340 e. The molecule has 1 N–H and O–H groups in total. The Morgan fingerprint density at radius 1 is 1.04 bits per heavy atom. The van der Waals surface area contributed by atoms with Crippen LogP contribution in [0.3, 0.4) is 0 Å². The minimum atomic E-state index is -4.03. The summed E-state index contributed by atoms with van der Waals surface area (Å²) in [6.45, 7) is 4.69. The number of esters is 1. The lowest BCUT2D eigenvalue weighted by Crippen LogP contribution is -2.26. The molecule has 0 aliphatic rings. The number of hydrogen-bond acceptors (Lipinski definition) is 5. The van der Waals surface area contributed by atoms with Crippen LogP contribution in [-0.4, -0.2) is 26.8 Å². The van der Waals surface area contributed by atoms with Gasteiger partial charge in [0.2, 0.25) is 0 Å². The first-order valence-electron chi connectivity index (χ1n) is 8.08. The van der Waals surface area contributed by atoms with Crippen molar-refractivity contribution < 1.29 is 27.1 Å². The Hall–Kier alpha value is -2.74. The number of nitrogens with one attached hydrogen (secondary N) is 1. The van der Waals surface area contributed by atoms with Crippen molar-refractivity contribution in [2.45, 2.75) is 25.7 Å². The van der Waals surface area contributed by atoms with Gasteiger partial charge in [-0.15, -0.1) is 0 Å². The number of sulfonamides is 1. The van der Waals surface area contributed by atoms with Gasteiger partial charge >= 0.3 is 5.97 Å². The van der Waals surface area contributed by atoms with Crippen LogP contribution in [0, 0.1) is 11.2 Å². The van der Waals surface area contributed by atoms with E-state index >= 15 is 0 Å². The van der Waals surface area contributed by atoms with Crippen LogP contribution in [0.2, 0.25) is 0 Å². The van der Waals surface area contributed by atoms with E-state index in [1.54, 1.807) is 26.8 Å². The first-order valence-corrected chi connectivity index (χ1v) is 9.57. The summed E-state index contributed by atoms with van der Waals surface area (Å²) in [5, 5.41) is 0. The third kappa shape index (κ3) is 5.37. The molecule has 0 aliphatic heterocycles. The van der Waals surface area contributed by atoms with Crippen LogP contribution in [0.4, 0.5) is 10.1 Å². The number of benzene rings is 2. The molecule has 144 valence electrons. The number of ether oxygens (including phenoxy) is 1. The molecule has 0 radical (unpaired) electrons. The molecule has 2 aromatic rings. The van der Waals surface area contributed by atoms with Crippen molar-refractivity contribution in [2.24, 2.45) is 5.41 Å². The van der Waals surface area contributed by atoms with Crippen molar-refractivity contribution in [1.82, 2.24) is 0 Å². The minimum absolute atomic E-state index is 0.00460. The Morgan fingerprint density at radius 2 is 1.63 bits per heavy atom. The van der Waals surface area contributed by atoms with Gasteiger partial charge in [0.25, 0.3) is 10.0 Å². The number of carbonyl (C=O) groups is 2. The van der Waals surface area contributed by atoms with Crippen molar-refractivity contribution in [3.05, 3.63) is 59.9 Å². The van der Waals surface area contributed by atoms with Gasteiger partial charge in [-0.05, 0) is 36.4 Å². The second-order valence-electron chi connectivity index (χ2n) is 6.85. The molecule has 0 bridgehead atoms. The van der Waals surface area contributed by atoms with Crippen LogP contribution in [0.15, 0.2) is 53.4 Å². The van der Waals surface area contributed by atoms with Gasteiger partial charge in [-0.3, -0.25) is 9.52 Å². The average molecular weight is 393 g/mol. The summed E-state index contributed by atoms with van der Waals surface area (Å²) < 4.78 is 45.2. The number of Topliss-reactive ketones (excluding diaryl/α,β-unsaturated/α-hetero) is 1. The Kier molecular flexibility index (Phi) is 6.00. The SMILES string of the molecule is CC(C)(C)C(=O)COC(=O)c1ccccc1NS(=O)(=O)c1ccc(F)cc1. The number of para-hydroxylation sites is 1. The van der Waals surface area contributed by atoms with Crippen LogP contribution in [0.5, 0.6) is 0 Å². The van der Waals surface area contributed by atoms with Crippen LogP contribution in [-0.2, 0) is 19.6 Å². The maximum absolute atomic E-state index is 13.0. The monoisotopic (exact) mass is 393 g/mol. The van der Waals surface area contributed by atoms with E-state index in [1.165, 1.54) is 18.2 Å². The molecule has 2 rings (SSSR count). The first kappa shape index (κ1) is 20.6. The largest absolute Gasteiger partial charge is 0.454 e. The summed E-state index contributed by atoms with van der Waals surface area (Å²) in [5.41, 5.74) is -0.704. The zero-order valence-corrected chi connectivity index (χ0v) is 16.0. The van der Waals surface area contributed by atoms with Gasteiger partial charge in [0.15, 0.2) is 12.4 Å². The zero-order valence-electron chi connectivity index (χ0n) is 15.2. The van der Waals surface area contributed by atoms with Gasteiger partial charge in [-0.2, -0.15) is 0 Å². The van der Waals surface area contributed by atoms with E-state index in [9.17, 15) is 22.4 Å². The molecule has 0 aromatic heterocycles. The van der Waals surface area contributed by atoms with Crippen molar-refractivity contribution in [1.29, 1.82) is 0 Å². The van der Waals surface area contributed by atoms with E-state index in [4.69, 9.17) is 4.74 Å². The molecule has 0 amide bonds. The maximum atomic E-state index is 13.0. The van der Waals surface area contributed by atoms with E-state index in [-0.39, 0.29) is 21.9 Å². The molecule has 0 fully saturated rings. The second-order valence-corrected chi connectivity index (χ2v) is 8.54. The number of anilines is 1. The fourth-order valence-corrected chi connectivity index (χ4v) is 3.07. The summed E-state index contributed by atoms with van der Waals surface area (Å²) in [6.07, 6.45) is 0. The van der Waals surface area contributed by atoms with Crippen molar-refractivity contribution >= 4 is 27.5 Å². The second kappa shape index (κ2) is 7.87.